The van der Waals surface area contributed by atoms with Gasteiger partial charge in [-0.2, -0.15) is 0 Å². The van der Waals surface area contributed by atoms with Crippen LogP contribution in [0.2, 0.25) is 0 Å². The van der Waals surface area contributed by atoms with Gasteiger partial charge in [0.25, 0.3) is 0 Å². The SMILES string of the molecule is Cc1ccccc1NC(=O)CN1C(C)CCCC1CO. The Morgan fingerprint density at radius 3 is 2.85 bits per heavy atom. The maximum absolute atomic E-state index is 12.2. The number of nitrogens with zero attached hydrogens (tertiary/aromatic N) is 1. The van der Waals surface area contributed by atoms with Gasteiger partial charge in [0.05, 0.1) is 13.2 Å². The molecular formula is C16H24N2O2. The molecule has 1 heterocycles. The fourth-order valence-electron chi connectivity index (χ4n) is 2.89. The van der Waals surface area contributed by atoms with Crippen molar-refractivity contribution in [2.24, 2.45) is 0 Å². The van der Waals surface area contributed by atoms with Crippen LogP contribution in [0.1, 0.15) is 31.7 Å². The van der Waals surface area contributed by atoms with Crippen LogP contribution in [0.25, 0.3) is 0 Å². The van der Waals surface area contributed by atoms with E-state index in [0.717, 1.165) is 30.5 Å². The van der Waals surface area contributed by atoms with Gasteiger partial charge >= 0.3 is 0 Å². The summed E-state index contributed by atoms with van der Waals surface area (Å²) < 4.78 is 0. The van der Waals surface area contributed by atoms with Crippen molar-refractivity contribution in [3.63, 3.8) is 0 Å². The van der Waals surface area contributed by atoms with Gasteiger partial charge in [-0.25, -0.2) is 0 Å². The number of likely N-dealkylation sites (tertiary alicyclic amines) is 1. The Hall–Kier alpha value is -1.39. The lowest BCUT2D eigenvalue weighted by Crippen LogP contribution is -2.50. The average Bonchev–Trinajstić information content (AvgIpc) is 2.43. The summed E-state index contributed by atoms with van der Waals surface area (Å²) in [5, 5.41) is 12.4. The van der Waals surface area contributed by atoms with Crippen LogP contribution in [0.3, 0.4) is 0 Å². The van der Waals surface area contributed by atoms with E-state index in [-0.39, 0.29) is 18.6 Å². The summed E-state index contributed by atoms with van der Waals surface area (Å²) in [5.74, 6) is -0.00787. The van der Waals surface area contributed by atoms with Crippen LogP contribution in [0, 0.1) is 6.92 Å². The molecule has 20 heavy (non-hydrogen) atoms. The van der Waals surface area contributed by atoms with Gasteiger partial charge in [0.1, 0.15) is 0 Å². The first kappa shape index (κ1) is 15.0. The largest absolute Gasteiger partial charge is 0.395 e. The van der Waals surface area contributed by atoms with Crippen molar-refractivity contribution in [1.29, 1.82) is 0 Å². The molecule has 2 N–H and O–H groups in total. The smallest absolute Gasteiger partial charge is 0.238 e. The molecule has 0 saturated carbocycles. The molecule has 0 radical (unpaired) electrons. The van der Waals surface area contributed by atoms with Gasteiger partial charge in [-0.15, -0.1) is 0 Å². The van der Waals surface area contributed by atoms with E-state index in [0.29, 0.717) is 12.6 Å². The first-order valence-corrected chi connectivity index (χ1v) is 7.34. The lowest BCUT2D eigenvalue weighted by atomic mass is 9.97. The van der Waals surface area contributed by atoms with Gasteiger partial charge in [0.15, 0.2) is 0 Å². The third kappa shape index (κ3) is 3.58. The number of aliphatic hydroxyl groups is 1. The van der Waals surface area contributed by atoms with Crippen molar-refractivity contribution >= 4 is 11.6 Å². The number of para-hydroxylation sites is 1. The second kappa shape index (κ2) is 6.86. The second-order valence-corrected chi connectivity index (χ2v) is 5.65. The van der Waals surface area contributed by atoms with Crippen LogP contribution < -0.4 is 5.32 Å². The van der Waals surface area contributed by atoms with Gasteiger partial charge in [-0.3, -0.25) is 9.69 Å². The normalized spacial score (nSPS) is 23.6. The van der Waals surface area contributed by atoms with Crippen molar-refractivity contribution < 1.29 is 9.90 Å². The van der Waals surface area contributed by atoms with E-state index in [1.807, 2.05) is 31.2 Å². The number of amides is 1. The van der Waals surface area contributed by atoms with E-state index < -0.39 is 0 Å². The van der Waals surface area contributed by atoms with E-state index in [1.165, 1.54) is 0 Å². The molecule has 2 atom stereocenters. The molecule has 4 nitrogen and oxygen atoms in total. The Bertz CT molecular complexity index is 462. The number of aliphatic hydroxyl groups excluding tert-OH is 1. The Kier molecular flexibility index (Phi) is 5.15. The first-order chi connectivity index (χ1) is 9.61. The minimum absolute atomic E-state index is 0.00787. The summed E-state index contributed by atoms with van der Waals surface area (Å²) >= 11 is 0. The topological polar surface area (TPSA) is 52.6 Å². The summed E-state index contributed by atoms with van der Waals surface area (Å²) in [6.07, 6.45) is 3.19. The molecule has 0 aromatic heterocycles. The lowest BCUT2D eigenvalue weighted by Gasteiger charge is -2.39. The monoisotopic (exact) mass is 276 g/mol. The number of carbonyl (C=O) groups excluding carboxylic acids is 1. The fraction of sp³-hybridized carbons (Fsp3) is 0.562. The van der Waals surface area contributed by atoms with Gasteiger partial charge in [0, 0.05) is 17.8 Å². The minimum atomic E-state index is -0.00787. The predicted octanol–water partition coefficient (Wildman–Crippen LogP) is 2.17. The molecule has 1 aromatic carbocycles. The highest BCUT2D eigenvalue weighted by Gasteiger charge is 2.28. The van der Waals surface area contributed by atoms with E-state index >= 15 is 0 Å². The van der Waals surface area contributed by atoms with Crippen LogP contribution in [0.15, 0.2) is 24.3 Å². The molecule has 1 aliphatic heterocycles. The number of piperidine rings is 1. The predicted molar refractivity (Wildman–Crippen MR) is 80.7 cm³/mol. The number of carbonyl (C=O) groups is 1. The molecule has 0 spiro atoms. The Morgan fingerprint density at radius 1 is 1.40 bits per heavy atom. The molecule has 2 rings (SSSR count). The second-order valence-electron chi connectivity index (χ2n) is 5.65. The van der Waals surface area contributed by atoms with Crippen LogP contribution in [-0.2, 0) is 4.79 Å². The van der Waals surface area contributed by atoms with Gasteiger partial charge < -0.3 is 10.4 Å². The van der Waals surface area contributed by atoms with Crippen LogP contribution >= 0.6 is 0 Å². The molecule has 110 valence electrons. The first-order valence-electron chi connectivity index (χ1n) is 7.34. The number of anilines is 1. The van der Waals surface area contributed by atoms with Crippen molar-refractivity contribution in [1.82, 2.24) is 4.90 Å². The average molecular weight is 276 g/mol. The highest BCUT2D eigenvalue weighted by Crippen LogP contribution is 2.22. The Balaban J connectivity index is 1.98. The summed E-state index contributed by atoms with van der Waals surface area (Å²) in [5.41, 5.74) is 1.92. The molecule has 4 heteroatoms. The Morgan fingerprint density at radius 2 is 2.15 bits per heavy atom. The van der Waals surface area contributed by atoms with Crippen LogP contribution in [-0.4, -0.2) is 41.1 Å². The summed E-state index contributed by atoms with van der Waals surface area (Å²) in [6.45, 7) is 4.58. The third-order valence-corrected chi connectivity index (χ3v) is 4.15. The van der Waals surface area contributed by atoms with Crippen molar-refractivity contribution in [2.45, 2.75) is 45.2 Å². The summed E-state index contributed by atoms with van der Waals surface area (Å²) in [6, 6.07) is 8.23. The third-order valence-electron chi connectivity index (χ3n) is 4.15. The van der Waals surface area contributed by atoms with Crippen LogP contribution in [0.5, 0.6) is 0 Å². The molecule has 1 amide bonds. The van der Waals surface area contributed by atoms with Crippen molar-refractivity contribution in [2.75, 3.05) is 18.5 Å². The van der Waals surface area contributed by atoms with Gasteiger partial charge in [-0.05, 0) is 38.3 Å². The maximum Gasteiger partial charge on any atom is 0.238 e. The number of nitrogens with one attached hydrogen (secondary N) is 1. The summed E-state index contributed by atoms with van der Waals surface area (Å²) in [7, 11) is 0. The lowest BCUT2D eigenvalue weighted by molar-refractivity contribution is -0.119. The quantitative estimate of drug-likeness (QED) is 0.886. The number of aryl methyl sites for hydroxylation is 1. The molecule has 1 aliphatic rings. The van der Waals surface area contributed by atoms with E-state index in [1.54, 1.807) is 0 Å². The summed E-state index contributed by atoms with van der Waals surface area (Å²) in [4.78, 5) is 14.3. The van der Waals surface area contributed by atoms with E-state index in [4.69, 9.17) is 0 Å². The van der Waals surface area contributed by atoms with Gasteiger partial charge in [-0.1, -0.05) is 24.6 Å². The van der Waals surface area contributed by atoms with Gasteiger partial charge in [0.2, 0.25) is 5.91 Å². The molecule has 1 fully saturated rings. The Labute approximate surface area is 120 Å². The van der Waals surface area contributed by atoms with Crippen molar-refractivity contribution in [3.8, 4) is 0 Å². The van der Waals surface area contributed by atoms with E-state index in [2.05, 4.69) is 17.1 Å². The number of benzene rings is 1. The number of hydrogen-bond donors (Lipinski definition) is 2. The molecular weight excluding hydrogens is 252 g/mol. The molecule has 1 saturated heterocycles. The van der Waals surface area contributed by atoms with E-state index in [9.17, 15) is 9.90 Å². The number of rotatable bonds is 4. The van der Waals surface area contributed by atoms with Crippen molar-refractivity contribution in [3.05, 3.63) is 29.8 Å². The molecule has 2 unspecified atom stereocenters. The standard InChI is InChI=1S/C16H24N2O2/c1-12-6-3-4-9-15(12)17-16(20)10-18-13(2)7-5-8-14(18)11-19/h3-4,6,9,13-14,19H,5,7-8,10-11H2,1-2H3,(H,17,20). The minimum Gasteiger partial charge on any atom is -0.395 e. The number of hydrogen-bond acceptors (Lipinski definition) is 3. The fourth-order valence-corrected chi connectivity index (χ4v) is 2.89. The highest BCUT2D eigenvalue weighted by molar-refractivity contribution is 5.93. The van der Waals surface area contributed by atoms with Crippen LogP contribution in [0.4, 0.5) is 5.69 Å². The zero-order chi connectivity index (χ0) is 14.5. The molecule has 1 aromatic rings. The molecule has 0 bridgehead atoms. The zero-order valence-electron chi connectivity index (χ0n) is 12.3. The zero-order valence-corrected chi connectivity index (χ0v) is 12.3. The molecule has 0 aliphatic carbocycles. The maximum atomic E-state index is 12.2. The highest BCUT2D eigenvalue weighted by atomic mass is 16.3.